The van der Waals surface area contributed by atoms with E-state index in [1.807, 2.05) is 0 Å². The van der Waals surface area contributed by atoms with Gasteiger partial charge in [0, 0.05) is 6.42 Å². The predicted octanol–water partition coefficient (Wildman–Crippen LogP) is -0.961. The van der Waals surface area contributed by atoms with Crippen LogP contribution >= 0.6 is 0 Å². The average molecular weight is 270 g/mol. The maximum Gasteiger partial charge on any atom is 0.199 e. The van der Waals surface area contributed by atoms with Gasteiger partial charge in [-0.3, -0.25) is 0 Å². The van der Waals surface area contributed by atoms with Gasteiger partial charge in [-0.2, -0.15) is 0 Å². The highest BCUT2D eigenvalue weighted by molar-refractivity contribution is 5.28. The lowest BCUT2D eigenvalue weighted by atomic mass is 9.98. The van der Waals surface area contributed by atoms with Gasteiger partial charge < -0.3 is 29.9 Å². The van der Waals surface area contributed by atoms with E-state index in [-0.39, 0.29) is 6.42 Å². The molecule has 4 atom stereocenters. The second-order valence-corrected chi connectivity index (χ2v) is 4.64. The molecule has 1 fully saturated rings. The molecule has 1 heterocycles. The van der Waals surface area contributed by atoms with E-state index in [0.717, 1.165) is 0 Å². The van der Waals surface area contributed by atoms with Gasteiger partial charge in [0.2, 0.25) is 0 Å². The van der Waals surface area contributed by atoms with E-state index >= 15 is 0 Å². The van der Waals surface area contributed by atoms with E-state index < -0.39 is 30.7 Å². The SMILES string of the molecule is COc1ccc(C[C@]2(O)O[C@H](CO)[C@@H](O)[C@H]2O)cc1. The molecule has 0 aromatic heterocycles. The van der Waals surface area contributed by atoms with Gasteiger partial charge in [0.1, 0.15) is 24.1 Å². The zero-order chi connectivity index (χ0) is 14.0. The lowest BCUT2D eigenvalue weighted by Crippen LogP contribution is -2.44. The van der Waals surface area contributed by atoms with E-state index in [4.69, 9.17) is 14.6 Å². The molecule has 1 aliphatic heterocycles. The normalized spacial score (nSPS) is 34.5. The van der Waals surface area contributed by atoms with E-state index in [9.17, 15) is 15.3 Å². The Bertz CT molecular complexity index is 420. The summed E-state index contributed by atoms with van der Waals surface area (Å²) in [5.74, 6) is -1.22. The number of methoxy groups -OCH3 is 1. The van der Waals surface area contributed by atoms with Crippen LogP contribution in [0.15, 0.2) is 24.3 Å². The highest BCUT2D eigenvalue weighted by atomic mass is 16.7. The summed E-state index contributed by atoms with van der Waals surface area (Å²) in [7, 11) is 1.55. The van der Waals surface area contributed by atoms with Crippen LogP contribution in [0.2, 0.25) is 0 Å². The molecule has 0 radical (unpaired) electrons. The maximum atomic E-state index is 10.2. The lowest BCUT2D eigenvalue weighted by molar-refractivity contribution is -0.229. The van der Waals surface area contributed by atoms with Crippen molar-refractivity contribution < 1.29 is 29.9 Å². The van der Waals surface area contributed by atoms with Crippen LogP contribution < -0.4 is 4.74 Å². The van der Waals surface area contributed by atoms with Gasteiger partial charge in [-0.25, -0.2) is 0 Å². The average Bonchev–Trinajstić information content (AvgIpc) is 2.64. The van der Waals surface area contributed by atoms with Crippen molar-refractivity contribution in [2.75, 3.05) is 13.7 Å². The topological polar surface area (TPSA) is 99.4 Å². The Hall–Kier alpha value is -1.18. The molecule has 6 heteroatoms. The van der Waals surface area contributed by atoms with Crippen LogP contribution in [0.4, 0.5) is 0 Å². The molecule has 1 aliphatic rings. The molecular weight excluding hydrogens is 252 g/mol. The van der Waals surface area contributed by atoms with Crippen molar-refractivity contribution in [3.05, 3.63) is 29.8 Å². The van der Waals surface area contributed by atoms with Crippen molar-refractivity contribution in [2.24, 2.45) is 0 Å². The van der Waals surface area contributed by atoms with Crippen molar-refractivity contribution in [1.29, 1.82) is 0 Å². The number of aliphatic hydroxyl groups is 4. The number of ether oxygens (including phenoxy) is 2. The molecule has 4 N–H and O–H groups in total. The number of hydrogen-bond acceptors (Lipinski definition) is 6. The van der Waals surface area contributed by atoms with Crippen LogP contribution in [0.1, 0.15) is 5.56 Å². The first-order chi connectivity index (χ1) is 9.00. The fourth-order valence-electron chi connectivity index (χ4n) is 2.20. The number of aliphatic hydroxyl groups excluding tert-OH is 3. The molecule has 0 amide bonds. The van der Waals surface area contributed by atoms with E-state index in [1.54, 1.807) is 31.4 Å². The molecule has 0 aliphatic carbocycles. The lowest BCUT2D eigenvalue weighted by Gasteiger charge is -2.26. The minimum atomic E-state index is -1.90. The molecule has 0 saturated carbocycles. The number of benzene rings is 1. The second kappa shape index (κ2) is 5.44. The zero-order valence-corrected chi connectivity index (χ0v) is 10.6. The first-order valence-electron chi connectivity index (χ1n) is 6.00. The Balaban J connectivity index is 2.12. The summed E-state index contributed by atoms with van der Waals surface area (Å²) < 4.78 is 10.2. The number of hydrogen-bond donors (Lipinski definition) is 4. The van der Waals surface area contributed by atoms with Crippen LogP contribution in [0.25, 0.3) is 0 Å². The van der Waals surface area contributed by atoms with Gasteiger partial charge in [-0.05, 0) is 17.7 Å². The van der Waals surface area contributed by atoms with Crippen molar-refractivity contribution in [2.45, 2.75) is 30.5 Å². The van der Waals surface area contributed by atoms with Gasteiger partial charge in [-0.15, -0.1) is 0 Å². The van der Waals surface area contributed by atoms with Crippen molar-refractivity contribution in [3.63, 3.8) is 0 Å². The first-order valence-corrected chi connectivity index (χ1v) is 6.00. The Kier molecular flexibility index (Phi) is 4.07. The van der Waals surface area contributed by atoms with Crippen LogP contribution in [0, 0.1) is 0 Å². The fraction of sp³-hybridized carbons (Fsp3) is 0.538. The molecule has 106 valence electrons. The monoisotopic (exact) mass is 270 g/mol. The van der Waals surface area contributed by atoms with E-state index in [1.165, 1.54) is 0 Å². The summed E-state index contributed by atoms with van der Waals surface area (Å²) >= 11 is 0. The minimum absolute atomic E-state index is 0.00568. The van der Waals surface area contributed by atoms with Gasteiger partial charge in [0.05, 0.1) is 13.7 Å². The predicted molar refractivity (Wildman–Crippen MR) is 65.6 cm³/mol. The Morgan fingerprint density at radius 3 is 2.37 bits per heavy atom. The zero-order valence-electron chi connectivity index (χ0n) is 10.6. The van der Waals surface area contributed by atoms with Crippen LogP contribution in [-0.4, -0.2) is 58.2 Å². The summed E-state index contributed by atoms with van der Waals surface area (Å²) in [5, 5.41) is 38.7. The molecule has 1 saturated heterocycles. The fourth-order valence-corrected chi connectivity index (χ4v) is 2.20. The summed E-state index contributed by atoms with van der Waals surface area (Å²) in [6.07, 6.45) is -3.76. The maximum absolute atomic E-state index is 10.2. The van der Waals surface area contributed by atoms with Gasteiger partial charge in [0.25, 0.3) is 0 Å². The Labute approximate surface area is 110 Å². The molecule has 0 spiro atoms. The smallest absolute Gasteiger partial charge is 0.199 e. The largest absolute Gasteiger partial charge is 0.497 e. The Morgan fingerprint density at radius 1 is 1.26 bits per heavy atom. The summed E-state index contributed by atoms with van der Waals surface area (Å²) in [5.41, 5.74) is 0.716. The van der Waals surface area contributed by atoms with Gasteiger partial charge >= 0.3 is 0 Å². The third-order valence-corrected chi connectivity index (χ3v) is 3.32. The van der Waals surface area contributed by atoms with Crippen LogP contribution in [0.3, 0.4) is 0 Å². The van der Waals surface area contributed by atoms with E-state index in [2.05, 4.69) is 0 Å². The highest BCUT2D eigenvalue weighted by Crippen LogP contribution is 2.32. The summed E-state index contributed by atoms with van der Waals surface area (Å²) in [6.45, 7) is -0.469. The Morgan fingerprint density at radius 2 is 1.89 bits per heavy atom. The van der Waals surface area contributed by atoms with Gasteiger partial charge in [0.15, 0.2) is 5.79 Å². The van der Waals surface area contributed by atoms with Crippen molar-refractivity contribution in [3.8, 4) is 5.75 Å². The molecule has 0 unspecified atom stereocenters. The van der Waals surface area contributed by atoms with Crippen LogP contribution in [-0.2, 0) is 11.2 Å². The molecule has 2 rings (SSSR count). The van der Waals surface area contributed by atoms with E-state index in [0.29, 0.717) is 11.3 Å². The van der Waals surface area contributed by atoms with Crippen LogP contribution in [0.5, 0.6) is 5.75 Å². The summed E-state index contributed by atoms with van der Waals surface area (Å²) in [4.78, 5) is 0. The van der Waals surface area contributed by atoms with Crippen molar-refractivity contribution >= 4 is 0 Å². The molecule has 1 aromatic carbocycles. The van der Waals surface area contributed by atoms with Crippen molar-refractivity contribution in [1.82, 2.24) is 0 Å². The standard InChI is InChI=1S/C13H18O6/c1-18-9-4-2-8(3-5-9)6-13(17)12(16)11(15)10(7-14)19-13/h2-5,10-12,14-17H,6-7H2,1H3/t10-,11-,12-,13+/m1/s1. The molecule has 19 heavy (non-hydrogen) atoms. The molecule has 1 aromatic rings. The number of rotatable bonds is 4. The minimum Gasteiger partial charge on any atom is -0.497 e. The second-order valence-electron chi connectivity index (χ2n) is 4.64. The molecular formula is C13H18O6. The molecule has 0 bridgehead atoms. The first kappa shape index (κ1) is 14.2. The third-order valence-electron chi connectivity index (χ3n) is 3.32. The quantitative estimate of drug-likeness (QED) is 0.562. The highest BCUT2D eigenvalue weighted by Gasteiger charge is 2.52. The third kappa shape index (κ3) is 2.72. The molecule has 6 nitrogen and oxygen atoms in total. The summed E-state index contributed by atoms with van der Waals surface area (Å²) in [6, 6.07) is 6.90. The van der Waals surface area contributed by atoms with Gasteiger partial charge in [-0.1, -0.05) is 12.1 Å².